The van der Waals surface area contributed by atoms with Crippen molar-refractivity contribution >= 4 is 29.2 Å². The van der Waals surface area contributed by atoms with Gasteiger partial charge in [-0.1, -0.05) is 6.07 Å². The second-order valence-electron chi connectivity index (χ2n) is 4.82. The molecule has 136 valence electrons. The van der Waals surface area contributed by atoms with Crippen molar-refractivity contribution in [3.05, 3.63) is 46.5 Å². The summed E-state index contributed by atoms with van der Waals surface area (Å²) in [5.74, 6) is -2.64. The molecule has 1 saturated heterocycles. The number of hydrogen-bond acceptors (Lipinski definition) is 6. The number of carboxylic acids is 3. The predicted octanol–water partition coefficient (Wildman–Crippen LogP) is 2.92. The average molecular weight is 370 g/mol. The third kappa shape index (κ3) is 8.13. The summed E-state index contributed by atoms with van der Waals surface area (Å²) in [7, 11) is 0. The van der Waals surface area contributed by atoms with E-state index in [1.165, 1.54) is 29.9 Å². The lowest BCUT2D eigenvalue weighted by Gasteiger charge is -2.17. The van der Waals surface area contributed by atoms with Crippen molar-refractivity contribution in [3.63, 3.8) is 0 Å². The highest BCUT2D eigenvalue weighted by Gasteiger charge is 2.19. The highest BCUT2D eigenvalue weighted by Crippen LogP contribution is 2.13. The molecule has 0 aromatic carbocycles. The molecule has 0 spiro atoms. The zero-order valence-electron chi connectivity index (χ0n) is 13.2. The van der Waals surface area contributed by atoms with Crippen molar-refractivity contribution in [2.24, 2.45) is 5.92 Å². The van der Waals surface area contributed by atoms with Crippen molar-refractivity contribution in [2.75, 3.05) is 13.2 Å². The van der Waals surface area contributed by atoms with Crippen LogP contribution in [0.15, 0.2) is 40.5 Å². The first-order valence-corrected chi connectivity index (χ1v) is 8.12. The second-order valence-corrected chi connectivity index (χ2v) is 5.77. The number of thiophene rings is 1. The number of aromatic carboxylic acids is 2. The van der Waals surface area contributed by atoms with Gasteiger partial charge in [0, 0.05) is 13.2 Å². The minimum Gasteiger partial charge on any atom is -0.481 e. The number of aliphatic carboxylic acids is 1. The minimum atomic E-state index is -0.959. The van der Waals surface area contributed by atoms with Gasteiger partial charge in [-0.05, 0) is 30.4 Å². The fourth-order valence-electron chi connectivity index (χ4n) is 1.73. The Kier molecular flexibility index (Phi) is 8.97. The molecule has 2 aromatic heterocycles. The summed E-state index contributed by atoms with van der Waals surface area (Å²) in [4.78, 5) is 30.8. The topological polar surface area (TPSA) is 134 Å². The Bertz CT molecular complexity index is 597. The lowest BCUT2D eigenvalue weighted by atomic mass is 10.0. The van der Waals surface area contributed by atoms with Crippen molar-refractivity contribution in [2.45, 2.75) is 12.8 Å². The van der Waals surface area contributed by atoms with Crippen LogP contribution in [0.4, 0.5) is 0 Å². The summed E-state index contributed by atoms with van der Waals surface area (Å²) in [5, 5.41) is 26.7. The van der Waals surface area contributed by atoms with E-state index in [2.05, 4.69) is 4.42 Å². The van der Waals surface area contributed by atoms with Gasteiger partial charge < -0.3 is 24.5 Å². The summed E-state index contributed by atoms with van der Waals surface area (Å²) < 4.78 is 9.48. The smallest absolute Gasteiger partial charge is 0.345 e. The van der Waals surface area contributed by atoms with E-state index >= 15 is 0 Å². The molecule has 2 aromatic rings. The standard InChI is InChI=1S/C6H10O3.C5H4O3.C5H4O2S/c7-6(8)5-1-3-9-4-2-5;6-5(7)4-1-2-8-3-4;6-5(7)4-2-1-3-8-4/h5H,1-4H2,(H,7,8);2*1-3H,(H,6,7). The molecular formula is C16H18O8S. The van der Waals surface area contributed by atoms with Crippen LogP contribution >= 0.6 is 11.3 Å². The first kappa shape index (κ1) is 20.4. The summed E-state index contributed by atoms with van der Waals surface area (Å²) in [5.41, 5.74) is 0.185. The number of hydrogen-bond donors (Lipinski definition) is 3. The number of rotatable bonds is 3. The van der Waals surface area contributed by atoms with Gasteiger partial charge in [-0.15, -0.1) is 11.3 Å². The quantitative estimate of drug-likeness (QED) is 0.751. The van der Waals surface area contributed by atoms with Crippen LogP contribution in [-0.2, 0) is 9.53 Å². The minimum absolute atomic E-state index is 0.154. The van der Waals surface area contributed by atoms with E-state index in [0.717, 1.165) is 0 Å². The SMILES string of the molecule is O=C(O)C1CCOCC1.O=C(O)c1cccs1.O=C(O)c1ccoc1. The van der Waals surface area contributed by atoms with Gasteiger partial charge in [-0.3, -0.25) is 4.79 Å². The predicted molar refractivity (Wildman–Crippen MR) is 88.1 cm³/mol. The van der Waals surface area contributed by atoms with Crippen molar-refractivity contribution < 1.29 is 38.9 Å². The molecule has 8 nitrogen and oxygen atoms in total. The van der Waals surface area contributed by atoms with Crippen molar-refractivity contribution in [3.8, 4) is 0 Å². The van der Waals surface area contributed by atoms with Gasteiger partial charge >= 0.3 is 17.9 Å². The van der Waals surface area contributed by atoms with E-state index in [0.29, 0.717) is 30.9 Å². The molecule has 9 heteroatoms. The summed E-state index contributed by atoms with van der Waals surface area (Å²) in [6.07, 6.45) is 3.86. The molecule has 3 N–H and O–H groups in total. The molecule has 0 bridgehead atoms. The first-order chi connectivity index (χ1) is 11.9. The largest absolute Gasteiger partial charge is 0.481 e. The van der Waals surface area contributed by atoms with Crippen LogP contribution in [0.25, 0.3) is 0 Å². The fourth-order valence-corrected chi connectivity index (χ4v) is 2.29. The second kappa shape index (κ2) is 11.0. The highest BCUT2D eigenvalue weighted by atomic mass is 32.1. The Morgan fingerprint density at radius 1 is 1.04 bits per heavy atom. The van der Waals surface area contributed by atoms with Gasteiger partial charge in [-0.25, -0.2) is 9.59 Å². The Hall–Kier alpha value is -2.65. The first-order valence-electron chi connectivity index (χ1n) is 7.24. The molecule has 0 amide bonds. The Balaban J connectivity index is 0.000000188. The molecule has 0 saturated carbocycles. The molecule has 1 aliphatic rings. The molecule has 3 heterocycles. The summed E-state index contributed by atoms with van der Waals surface area (Å²) >= 11 is 1.23. The molecule has 0 atom stereocenters. The van der Waals surface area contributed by atoms with Crippen molar-refractivity contribution in [1.29, 1.82) is 0 Å². The van der Waals surface area contributed by atoms with Gasteiger partial charge in [0.2, 0.25) is 0 Å². The normalized spacial score (nSPS) is 13.6. The Morgan fingerprint density at radius 3 is 2.00 bits per heavy atom. The van der Waals surface area contributed by atoms with Crippen LogP contribution in [0.1, 0.15) is 32.9 Å². The van der Waals surface area contributed by atoms with Crippen LogP contribution in [-0.4, -0.2) is 46.4 Å². The molecule has 1 fully saturated rings. The summed E-state index contributed by atoms with van der Waals surface area (Å²) in [6, 6.07) is 4.68. The van der Waals surface area contributed by atoms with E-state index in [-0.39, 0.29) is 11.5 Å². The number of carboxylic acid groups (broad SMARTS) is 3. The summed E-state index contributed by atoms with van der Waals surface area (Å²) in [6.45, 7) is 1.22. The van der Waals surface area contributed by atoms with Gasteiger partial charge in [0.1, 0.15) is 11.1 Å². The van der Waals surface area contributed by atoms with Crippen LogP contribution in [0.2, 0.25) is 0 Å². The molecule has 0 unspecified atom stereocenters. The van der Waals surface area contributed by atoms with E-state index < -0.39 is 17.9 Å². The molecule has 3 rings (SSSR count). The molecule has 0 radical (unpaired) electrons. The average Bonchev–Trinajstić information content (AvgIpc) is 3.30. The van der Waals surface area contributed by atoms with Crippen LogP contribution in [0.5, 0.6) is 0 Å². The van der Waals surface area contributed by atoms with Crippen LogP contribution < -0.4 is 0 Å². The van der Waals surface area contributed by atoms with Crippen LogP contribution in [0.3, 0.4) is 0 Å². The molecule has 25 heavy (non-hydrogen) atoms. The van der Waals surface area contributed by atoms with E-state index in [9.17, 15) is 14.4 Å². The van der Waals surface area contributed by atoms with Crippen molar-refractivity contribution in [1.82, 2.24) is 0 Å². The monoisotopic (exact) mass is 370 g/mol. The van der Waals surface area contributed by atoms with E-state index in [1.807, 2.05) is 0 Å². The number of furan rings is 1. The Labute approximate surface area is 147 Å². The lowest BCUT2D eigenvalue weighted by molar-refractivity contribution is -0.144. The maximum absolute atomic E-state index is 10.3. The Morgan fingerprint density at radius 2 is 1.72 bits per heavy atom. The van der Waals surface area contributed by atoms with Gasteiger partial charge in [0.15, 0.2) is 0 Å². The highest BCUT2D eigenvalue weighted by molar-refractivity contribution is 7.11. The number of ether oxygens (including phenoxy) is 1. The van der Waals surface area contributed by atoms with E-state index in [1.54, 1.807) is 17.5 Å². The van der Waals surface area contributed by atoms with E-state index in [4.69, 9.17) is 20.1 Å². The zero-order chi connectivity index (χ0) is 18.7. The van der Waals surface area contributed by atoms with Gasteiger partial charge in [-0.2, -0.15) is 0 Å². The third-order valence-corrected chi connectivity index (χ3v) is 3.93. The maximum Gasteiger partial charge on any atom is 0.345 e. The van der Waals surface area contributed by atoms with Crippen LogP contribution in [0, 0.1) is 5.92 Å². The maximum atomic E-state index is 10.3. The van der Waals surface area contributed by atoms with Gasteiger partial charge in [0.25, 0.3) is 0 Å². The molecule has 1 aliphatic heterocycles. The van der Waals surface area contributed by atoms with Gasteiger partial charge in [0.05, 0.1) is 17.7 Å². The molecule has 0 aliphatic carbocycles. The number of carbonyl (C=O) groups is 3. The third-order valence-electron chi connectivity index (χ3n) is 3.07. The fraction of sp³-hybridized carbons (Fsp3) is 0.312. The lowest BCUT2D eigenvalue weighted by Crippen LogP contribution is -2.22. The molecular weight excluding hydrogens is 352 g/mol. The zero-order valence-corrected chi connectivity index (χ0v) is 14.0.